The van der Waals surface area contributed by atoms with Gasteiger partial charge >= 0.3 is 5.69 Å². The van der Waals surface area contributed by atoms with Crippen LogP contribution in [0, 0.1) is 21.4 Å². The van der Waals surface area contributed by atoms with Crippen LogP contribution in [0.3, 0.4) is 0 Å². The fourth-order valence-electron chi connectivity index (χ4n) is 3.79. The predicted octanol–water partition coefficient (Wildman–Crippen LogP) is 6.57. The number of nitriles is 1. The lowest BCUT2D eigenvalue weighted by atomic mass is 10.1. The SMILES string of the molecule is CC[C@@H](C)c1nc2ccc(Br)cc2c(=O)n1N=Cc1cc(Cl)cc([N+](=O)[O-])c1OCc1ccccc1C#N. The van der Waals surface area contributed by atoms with Gasteiger partial charge in [0.25, 0.3) is 5.56 Å². The van der Waals surface area contributed by atoms with E-state index in [1.54, 1.807) is 36.4 Å². The van der Waals surface area contributed by atoms with Gasteiger partial charge in [-0.1, -0.05) is 59.6 Å². The van der Waals surface area contributed by atoms with E-state index < -0.39 is 4.92 Å². The van der Waals surface area contributed by atoms with E-state index in [4.69, 9.17) is 16.3 Å². The summed E-state index contributed by atoms with van der Waals surface area (Å²) in [7, 11) is 0. The Labute approximate surface area is 231 Å². The molecule has 38 heavy (non-hydrogen) atoms. The van der Waals surface area contributed by atoms with E-state index in [0.29, 0.717) is 34.3 Å². The van der Waals surface area contributed by atoms with Gasteiger partial charge in [0.2, 0.25) is 5.75 Å². The molecule has 3 aromatic carbocycles. The third-order valence-corrected chi connectivity index (χ3v) is 6.68. The lowest BCUT2D eigenvalue weighted by Gasteiger charge is -2.14. The van der Waals surface area contributed by atoms with E-state index in [2.05, 4.69) is 32.1 Å². The van der Waals surface area contributed by atoms with Gasteiger partial charge in [-0.25, -0.2) is 4.98 Å². The maximum atomic E-state index is 13.4. The number of rotatable bonds is 8. The third kappa shape index (κ3) is 5.59. The van der Waals surface area contributed by atoms with E-state index in [9.17, 15) is 20.2 Å². The minimum atomic E-state index is -0.611. The molecule has 0 aliphatic carbocycles. The summed E-state index contributed by atoms with van der Waals surface area (Å²) in [6.45, 7) is 3.81. The second-order valence-corrected chi connectivity index (χ2v) is 9.81. The highest BCUT2D eigenvalue weighted by atomic mass is 79.9. The fraction of sp³-hybridized carbons (Fsp3) is 0.185. The Bertz CT molecular complexity index is 1680. The number of hydrogen-bond donors (Lipinski definition) is 0. The van der Waals surface area contributed by atoms with Crippen molar-refractivity contribution in [3.05, 3.63) is 107 Å². The zero-order chi connectivity index (χ0) is 27.4. The Kier molecular flexibility index (Phi) is 8.20. The highest BCUT2D eigenvalue weighted by molar-refractivity contribution is 9.10. The molecule has 1 heterocycles. The monoisotopic (exact) mass is 593 g/mol. The van der Waals surface area contributed by atoms with Crippen molar-refractivity contribution in [2.24, 2.45) is 5.10 Å². The normalized spacial score (nSPS) is 12.0. The first-order valence-corrected chi connectivity index (χ1v) is 12.8. The van der Waals surface area contributed by atoms with Crippen molar-refractivity contribution in [3.63, 3.8) is 0 Å². The van der Waals surface area contributed by atoms with Crippen molar-refractivity contribution in [2.45, 2.75) is 32.8 Å². The van der Waals surface area contributed by atoms with Gasteiger partial charge in [-0.3, -0.25) is 14.9 Å². The summed E-state index contributed by atoms with van der Waals surface area (Å²) in [5, 5.41) is 26.1. The molecule has 0 saturated carbocycles. The van der Waals surface area contributed by atoms with Crippen LogP contribution in [0.4, 0.5) is 5.69 Å². The zero-order valence-corrected chi connectivity index (χ0v) is 22.7. The summed E-state index contributed by atoms with van der Waals surface area (Å²) < 4.78 is 7.78. The van der Waals surface area contributed by atoms with Gasteiger partial charge in [-0.15, -0.1) is 0 Å². The van der Waals surface area contributed by atoms with Crippen LogP contribution in [-0.4, -0.2) is 20.8 Å². The first kappa shape index (κ1) is 27.0. The van der Waals surface area contributed by atoms with Gasteiger partial charge in [0.15, 0.2) is 0 Å². The number of ether oxygens (including phenoxy) is 1. The number of benzene rings is 3. The second-order valence-electron chi connectivity index (χ2n) is 8.46. The van der Waals surface area contributed by atoms with E-state index in [1.807, 2.05) is 19.9 Å². The molecule has 4 rings (SSSR count). The quantitative estimate of drug-likeness (QED) is 0.129. The molecule has 0 aliphatic heterocycles. The number of hydrogen-bond acceptors (Lipinski definition) is 7. The van der Waals surface area contributed by atoms with Crippen molar-refractivity contribution >= 4 is 50.3 Å². The summed E-state index contributed by atoms with van der Waals surface area (Å²) >= 11 is 9.58. The molecule has 0 bridgehead atoms. The predicted molar refractivity (Wildman–Crippen MR) is 149 cm³/mol. The minimum absolute atomic E-state index is 0.0921. The zero-order valence-electron chi connectivity index (χ0n) is 20.4. The van der Waals surface area contributed by atoms with E-state index in [1.165, 1.54) is 23.0 Å². The molecule has 11 heteroatoms. The van der Waals surface area contributed by atoms with Gasteiger partial charge in [0.1, 0.15) is 12.4 Å². The minimum Gasteiger partial charge on any atom is -0.481 e. The van der Waals surface area contributed by atoms with E-state index in [-0.39, 0.29) is 40.1 Å². The Balaban J connectivity index is 1.85. The number of halogens is 2. The highest BCUT2D eigenvalue weighted by Crippen LogP contribution is 2.34. The van der Waals surface area contributed by atoms with Crippen LogP contribution >= 0.6 is 27.5 Å². The van der Waals surface area contributed by atoms with E-state index in [0.717, 1.165) is 4.47 Å². The van der Waals surface area contributed by atoms with Gasteiger partial charge in [0.05, 0.1) is 33.7 Å². The molecule has 0 unspecified atom stereocenters. The molecule has 0 N–H and O–H groups in total. The van der Waals surface area contributed by atoms with Crippen LogP contribution in [0.15, 0.2) is 69.0 Å². The van der Waals surface area contributed by atoms with Gasteiger partial charge in [0, 0.05) is 32.6 Å². The van der Waals surface area contributed by atoms with Crippen molar-refractivity contribution in [1.29, 1.82) is 5.26 Å². The maximum Gasteiger partial charge on any atom is 0.313 e. The van der Waals surface area contributed by atoms with Crippen molar-refractivity contribution < 1.29 is 9.66 Å². The first-order chi connectivity index (χ1) is 18.2. The Morgan fingerprint density at radius 1 is 1.29 bits per heavy atom. The Morgan fingerprint density at radius 3 is 2.76 bits per heavy atom. The molecule has 0 saturated heterocycles. The van der Waals surface area contributed by atoms with Crippen molar-refractivity contribution in [1.82, 2.24) is 9.66 Å². The largest absolute Gasteiger partial charge is 0.481 e. The van der Waals surface area contributed by atoms with Crippen molar-refractivity contribution in [2.75, 3.05) is 0 Å². The molecular formula is C27H21BrClN5O4. The Hall–Kier alpha value is -4.07. The molecular weight excluding hydrogens is 574 g/mol. The molecule has 9 nitrogen and oxygen atoms in total. The maximum absolute atomic E-state index is 13.4. The molecule has 0 aliphatic rings. The summed E-state index contributed by atoms with van der Waals surface area (Å²) in [5.41, 5.74) is 0.918. The van der Waals surface area contributed by atoms with Crippen LogP contribution in [0.2, 0.25) is 5.02 Å². The molecule has 1 atom stereocenters. The fourth-order valence-corrected chi connectivity index (χ4v) is 4.37. The number of nitro groups is 1. The van der Waals surface area contributed by atoms with Crippen molar-refractivity contribution in [3.8, 4) is 11.8 Å². The summed E-state index contributed by atoms with van der Waals surface area (Å²) in [6.07, 6.45) is 2.00. The summed E-state index contributed by atoms with van der Waals surface area (Å²) in [5.74, 6) is 0.260. The lowest BCUT2D eigenvalue weighted by Crippen LogP contribution is -2.23. The molecule has 0 amide bonds. The van der Waals surface area contributed by atoms with Crippen LogP contribution in [0.5, 0.6) is 5.75 Å². The van der Waals surface area contributed by atoms with Gasteiger partial charge < -0.3 is 4.74 Å². The molecule has 192 valence electrons. The number of aromatic nitrogens is 2. The third-order valence-electron chi connectivity index (χ3n) is 5.97. The molecule has 1 aromatic heterocycles. The smallest absolute Gasteiger partial charge is 0.313 e. The first-order valence-electron chi connectivity index (χ1n) is 11.6. The molecule has 0 spiro atoms. The van der Waals surface area contributed by atoms with Gasteiger partial charge in [-0.05, 0) is 36.8 Å². The topological polar surface area (TPSA) is 123 Å². The average molecular weight is 595 g/mol. The number of nitrogens with zero attached hydrogens (tertiary/aromatic N) is 5. The second kappa shape index (κ2) is 11.5. The Morgan fingerprint density at radius 2 is 2.05 bits per heavy atom. The molecule has 4 aromatic rings. The number of nitro benzene ring substituents is 1. The summed E-state index contributed by atoms with van der Waals surface area (Å²) in [4.78, 5) is 29.4. The number of fused-ring (bicyclic) bond motifs is 1. The standard InChI is InChI=1S/C27H21BrClN5O4/c1-3-16(2)26-32-23-9-8-20(28)11-22(23)27(35)33(26)31-14-19-10-21(29)12-24(34(36)37)25(19)38-15-18-7-5-4-6-17(18)13-30/h4-12,14,16H,3,15H2,1-2H3/t16-/m1/s1. The summed E-state index contributed by atoms with van der Waals surface area (Å²) in [6, 6.07) is 16.7. The molecule has 0 fully saturated rings. The van der Waals surface area contributed by atoms with Crippen LogP contribution in [-0.2, 0) is 6.61 Å². The highest BCUT2D eigenvalue weighted by Gasteiger charge is 2.22. The van der Waals surface area contributed by atoms with E-state index >= 15 is 0 Å². The lowest BCUT2D eigenvalue weighted by molar-refractivity contribution is -0.385. The van der Waals surface area contributed by atoms with Crippen LogP contribution in [0.25, 0.3) is 10.9 Å². The molecule has 0 radical (unpaired) electrons. The van der Waals surface area contributed by atoms with Crippen LogP contribution < -0.4 is 10.3 Å². The average Bonchev–Trinajstić information content (AvgIpc) is 2.91. The van der Waals surface area contributed by atoms with Gasteiger partial charge in [-0.2, -0.15) is 15.0 Å². The van der Waals surface area contributed by atoms with Crippen LogP contribution in [0.1, 0.15) is 48.7 Å².